The molecule has 1 aliphatic carbocycles. The highest BCUT2D eigenvalue weighted by Gasteiger charge is 2.50. The first kappa shape index (κ1) is 10.8. The van der Waals surface area contributed by atoms with Gasteiger partial charge < -0.3 is 10.6 Å². The summed E-state index contributed by atoms with van der Waals surface area (Å²) in [4.78, 5) is 13.5. The van der Waals surface area contributed by atoms with Gasteiger partial charge in [-0.2, -0.15) is 0 Å². The fourth-order valence-electron chi connectivity index (χ4n) is 2.44. The van der Waals surface area contributed by atoms with Crippen molar-refractivity contribution in [2.45, 2.75) is 37.6 Å². The van der Waals surface area contributed by atoms with Gasteiger partial charge in [0.05, 0.1) is 0 Å². The molecule has 0 bridgehead atoms. The zero-order chi connectivity index (χ0) is 11.1. The largest absolute Gasteiger partial charge is 0.338 e. The summed E-state index contributed by atoms with van der Waals surface area (Å²) in [7, 11) is 0. The van der Waals surface area contributed by atoms with Crippen LogP contribution in [0.3, 0.4) is 0 Å². The minimum absolute atomic E-state index is 0.0757. The second kappa shape index (κ2) is 3.70. The standard InChI is InChI=1S/C10H16F2N2O/c11-10(12)4-7(5-10)9(15)14-3-1-2-8(14)6-13/h7-8H,1-6,13H2. The smallest absolute Gasteiger partial charge is 0.249 e. The zero-order valence-corrected chi connectivity index (χ0v) is 8.59. The third-order valence-corrected chi connectivity index (χ3v) is 3.37. The van der Waals surface area contributed by atoms with Crippen molar-refractivity contribution in [2.24, 2.45) is 11.7 Å². The highest BCUT2D eigenvalue weighted by molar-refractivity contribution is 5.80. The lowest BCUT2D eigenvalue weighted by molar-refractivity contribution is -0.160. The Morgan fingerprint density at radius 2 is 2.13 bits per heavy atom. The van der Waals surface area contributed by atoms with Crippen LogP contribution < -0.4 is 5.73 Å². The number of nitrogens with zero attached hydrogens (tertiary/aromatic N) is 1. The van der Waals surface area contributed by atoms with E-state index in [1.807, 2.05) is 0 Å². The monoisotopic (exact) mass is 218 g/mol. The van der Waals surface area contributed by atoms with Crippen LogP contribution in [0.4, 0.5) is 8.78 Å². The minimum atomic E-state index is -2.61. The van der Waals surface area contributed by atoms with Gasteiger partial charge in [-0.3, -0.25) is 4.79 Å². The molecule has 1 saturated heterocycles. The Kier molecular flexibility index (Phi) is 2.66. The molecular formula is C10H16F2N2O. The quantitative estimate of drug-likeness (QED) is 0.751. The predicted octanol–water partition coefficient (Wildman–Crippen LogP) is 0.981. The number of halogens is 2. The number of likely N-dealkylation sites (tertiary alicyclic amines) is 1. The molecule has 0 spiro atoms. The second-order valence-corrected chi connectivity index (χ2v) is 4.52. The molecule has 3 nitrogen and oxygen atoms in total. The lowest BCUT2D eigenvalue weighted by Gasteiger charge is -2.37. The van der Waals surface area contributed by atoms with Gasteiger partial charge >= 0.3 is 0 Å². The van der Waals surface area contributed by atoms with E-state index in [0.717, 1.165) is 12.8 Å². The number of carbonyl (C=O) groups is 1. The van der Waals surface area contributed by atoms with Crippen molar-refractivity contribution in [3.8, 4) is 0 Å². The Labute approximate surface area is 87.6 Å². The van der Waals surface area contributed by atoms with Crippen LogP contribution in [0.15, 0.2) is 0 Å². The van der Waals surface area contributed by atoms with Crippen LogP contribution in [-0.4, -0.2) is 35.9 Å². The SMILES string of the molecule is NCC1CCCN1C(=O)C1CC(F)(F)C1. The Bertz CT molecular complexity index is 262. The van der Waals surface area contributed by atoms with E-state index in [4.69, 9.17) is 5.73 Å². The van der Waals surface area contributed by atoms with Gasteiger partial charge in [0.25, 0.3) is 0 Å². The van der Waals surface area contributed by atoms with E-state index >= 15 is 0 Å². The molecular weight excluding hydrogens is 202 g/mol. The van der Waals surface area contributed by atoms with Crippen LogP contribution >= 0.6 is 0 Å². The number of nitrogens with two attached hydrogens (primary N) is 1. The number of hydrogen-bond acceptors (Lipinski definition) is 2. The van der Waals surface area contributed by atoms with Crippen LogP contribution in [0.5, 0.6) is 0 Å². The Hall–Kier alpha value is -0.710. The van der Waals surface area contributed by atoms with Gasteiger partial charge in [0.2, 0.25) is 11.8 Å². The van der Waals surface area contributed by atoms with Gasteiger partial charge in [0.1, 0.15) is 0 Å². The summed E-state index contributed by atoms with van der Waals surface area (Å²) in [6.07, 6.45) is 1.29. The molecule has 2 aliphatic rings. The van der Waals surface area contributed by atoms with Gasteiger partial charge in [-0.25, -0.2) is 8.78 Å². The molecule has 0 aromatic heterocycles. The Morgan fingerprint density at radius 1 is 1.47 bits per heavy atom. The summed E-state index contributed by atoms with van der Waals surface area (Å²) in [6.45, 7) is 1.12. The normalized spacial score (nSPS) is 30.3. The lowest BCUT2D eigenvalue weighted by Crippen LogP contribution is -2.49. The summed E-state index contributed by atoms with van der Waals surface area (Å²) in [5.74, 6) is -3.20. The summed E-state index contributed by atoms with van der Waals surface area (Å²) < 4.78 is 25.2. The van der Waals surface area contributed by atoms with Crippen LogP contribution in [0.1, 0.15) is 25.7 Å². The molecule has 1 amide bonds. The first-order chi connectivity index (χ1) is 7.03. The number of hydrogen-bond donors (Lipinski definition) is 1. The molecule has 2 rings (SSSR count). The molecule has 1 unspecified atom stereocenters. The van der Waals surface area contributed by atoms with E-state index in [-0.39, 0.29) is 24.8 Å². The first-order valence-corrected chi connectivity index (χ1v) is 5.42. The fourth-order valence-corrected chi connectivity index (χ4v) is 2.44. The van der Waals surface area contributed by atoms with Crippen LogP contribution in [0.25, 0.3) is 0 Å². The summed E-state index contributed by atoms with van der Waals surface area (Å²) in [6, 6.07) is 0.0757. The third-order valence-electron chi connectivity index (χ3n) is 3.37. The first-order valence-electron chi connectivity index (χ1n) is 5.42. The summed E-state index contributed by atoms with van der Waals surface area (Å²) in [5, 5.41) is 0. The van der Waals surface area contributed by atoms with Crippen molar-refractivity contribution in [3.63, 3.8) is 0 Å². The number of alkyl halides is 2. The Morgan fingerprint density at radius 3 is 2.67 bits per heavy atom. The van der Waals surface area contributed by atoms with Crippen LogP contribution in [0, 0.1) is 5.92 Å². The Balaban J connectivity index is 1.91. The summed E-state index contributed by atoms with van der Waals surface area (Å²) in [5.41, 5.74) is 5.53. The predicted molar refractivity (Wildman–Crippen MR) is 51.5 cm³/mol. The van der Waals surface area contributed by atoms with Crippen molar-refractivity contribution in [1.29, 1.82) is 0 Å². The molecule has 1 heterocycles. The number of rotatable bonds is 2. The molecule has 0 aromatic rings. The molecule has 86 valence electrons. The van der Waals surface area contributed by atoms with E-state index in [1.54, 1.807) is 4.90 Å². The molecule has 1 aliphatic heterocycles. The molecule has 2 fully saturated rings. The maximum absolute atomic E-state index is 12.6. The topological polar surface area (TPSA) is 46.3 Å². The fraction of sp³-hybridized carbons (Fsp3) is 0.900. The van der Waals surface area contributed by atoms with Crippen molar-refractivity contribution in [1.82, 2.24) is 4.90 Å². The average Bonchev–Trinajstić information content (AvgIpc) is 2.60. The van der Waals surface area contributed by atoms with Gasteiger partial charge in [0.15, 0.2) is 0 Å². The number of amides is 1. The molecule has 15 heavy (non-hydrogen) atoms. The van der Waals surface area contributed by atoms with Crippen LogP contribution in [-0.2, 0) is 4.79 Å². The molecule has 1 atom stereocenters. The molecule has 1 saturated carbocycles. The number of carbonyl (C=O) groups excluding carboxylic acids is 1. The third kappa shape index (κ3) is 1.97. The molecule has 0 radical (unpaired) electrons. The second-order valence-electron chi connectivity index (χ2n) is 4.52. The van der Waals surface area contributed by atoms with Gasteiger partial charge in [-0.05, 0) is 12.8 Å². The van der Waals surface area contributed by atoms with E-state index in [1.165, 1.54) is 0 Å². The van der Waals surface area contributed by atoms with E-state index in [0.29, 0.717) is 13.1 Å². The van der Waals surface area contributed by atoms with E-state index in [2.05, 4.69) is 0 Å². The highest BCUT2D eigenvalue weighted by Crippen LogP contribution is 2.43. The maximum atomic E-state index is 12.6. The highest BCUT2D eigenvalue weighted by atomic mass is 19.3. The minimum Gasteiger partial charge on any atom is -0.338 e. The molecule has 5 heteroatoms. The van der Waals surface area contributed by atoms with Gasteiger partial charge in [-0.15, -0.1) is 0 Å². The molecule has 2 N–H and O–H groups in total. The van der Waals surface area contributed by atoms with Crippen molar-refractivity contribution in [2.75, 3.05) is 13.1 Å². The van der Waals surface area contributed by atoms with Crippen molar-refractivity contribution >= 4 is 5.91 Å². The van der Waals surface area contributed by atoms with Crippen molar-refractivity contribution < 1.29 is 13.6 Å². The average molecular weight is 218 g/mol. The van der Waals surface area contributed by atoms with Gasteiger partial charge in [-0.1, -0.05) is 0 Å². The molecule has 0 aromatic carbocycles. The van der Waals surface area contributed by atoms with Gasteiger partial charge in [0, 0.05) is 37.9 Å². The van der Waals surface area contributed by atoms with Crippen molar-refractivity contribution in [3.05, 3.63) is 0 Å². The van der Waals surface area contributed by atoms with E-state index in [9.17, 15) is 13.6 Å². The summed E-state index contributed by atoms with van der Waals surface area (Å²) >= 11 is 0. The van der Waals surface area contributed by atoms with E-state index < -0.39 is 11.8 Å². The lowest BCUT2D eigenvalue weighted by atomic mass is 9.80. The van der Waals surface area contributed by atoms with Crippen LogP contribution in [0.2, 0.25) is 0 Å². The maximum Gasteiger partial charge on any atom is 0.249 e. The zero-order valence-electron chi connectivity index (χ0n) is 8.59.